The Kier molecular flexibility index (Phi) is 4.20. The zero-order chi connectivity index (χ0) is 7.98. The fourth-order valence-corrected chi connectivity index (χ4v) is 0.399. The van der Waals surface area contributed by atoms with E-state index in [-0.39, 0.29) is 6.54 Å². The quantitative estimate of drug-likeness (QED) is 0.419. The van der Waals surface area contributed by atoms with Gasteiger partial charge in [0, 0.05) is 0 Å². The second-order valence-corrected chi connectivity index (χ2v) is 1.61. The summed E-state index contributed by atoms with van der Waals surface area (Å²) in [5.41, 5.74) is 0. The Morgan fingerprint density at radius 2 is 2.40 bits per heavy atom. The van der Waals surface area contributed by atoms with Crippen molar-refractivity contribution in [3.8, 4) is 6.07 Å². The molecule has 10 heavy (non-hydrogen) atoms. The summed E-state index contributed by atoms with van der Waals surface area (Å²) in [6.07, 6.45) is 0. The number of nitrogens with zero attached hydrogens (tertiary/aromatic N) is 1. The largest absolute Gasteiger partial charge is 0.480 e. The summed E-state index contributed by atoms with van der Waals surface area (Å²) in [5, 5.41) is 27.0. The topological polar surface area (TPSA) is 93.4 Å². The van der Waals surface area contributed by atoms with Crippen LogP contribution >= 0.6 is 0 Å². The Balaban J connectivity index is 3.63. The van der Waals surface area contributed by atoms with Crippen LogP contribution in [0.25, 0.3) is 0 Å². The summed E-state index contributed by atoms with van der Waals surface area (Å²) in [5.74, 6) is -1.15. The molecule has 0 aliphatic carbocycles. The maximum atomic E-state index is 10.1. The van der Waals surface area contributed by atoms with Crippen LogP contribution < -0.4 is 5.32 Å². The minimum absolute atomic E-state index is 0.0719. The number of aliphatic carboxylic acids is 1. The third kappa shape index (κ3) is 3.02. The zero-order valence-corrected chi connectivity index (χ0v) is 5.24. The smallest absolute Gasteiger partial charge is 0.323 e. The Labute approximate surface area is 57.9 Å². The van der Waals surface area contributed by atoms with Gasteiger partial charge in [0.05, 0.1) is 19.2 Å². The molecular formula is C5H8N2O3. The summed E-state index contributed by atoms with van der Waals surface area (Å²) >= 11 is 0. The van der Waals surface area contributed by atoms with Crippen molar-refractivity contribution in [3.63, 3.8) is 0 Å². The van der Waals surface area contributed by atoms with Gasteiger partial charge in [-0.2, -0.15) is 5.26 Å². The average Bonchev–Trinajstić information content (AvgIpc) is 1.89. The highest BCUT2D eigenvalue weighted by Gasteiger charge is 2.13. The molecule has 56 valence electrons. The highest BCUT2D eigenvalue weighted by molar-refractivity contribution is 5.73. The van der Waals surface area contributed by atoms with Crippen LogP contribution in [0.1, 0.15) is 0 Å². The van der Waals surface area contributed by atoms with E-state index >= 15 is 0 Å². The Morgan fingerprint density at radius 1 is 1.80 bits per heavy atom. The molecule has 0 bridgehead atoms. The molecule has 0 amide bonds. The lowest BCUT2D eigenvalue weighted by atomic mass is 10.3. The molecule has 0 aliphatic rings. The second-order valence-electron chi connectivity index (χ2n) is 1.61. The number of aliphatic hydroxyl groups is 1. The number of carboxylic acids is 1. The van der Waals surface area contributed by atoms with Crippen LogP contribution in [-0.2, 0) is 4.79 Å². The fraction of sp³-hybridized carbons (Fsp3) is 0.600. The highest BCUT2D eigenvalue weighted by Crippen LogP contribution is 1.79. The Bertz CT molecular complexity index is 151. The molecule has 0 aliphatic heterocycles. The molecule has 0 rings (SSSR count). The first kappa shape index (κ1) is 8.88. The molecule has 0 aromatic carbocycles. The minimum atomic E-state index is -1.15. The maximum Gasteiger partial charge on any atom is 0.323 e. The zero-order valence-electron chi connectivity index (χ0n) is 5.24. The normalized spacial score (nSPS) is 12.0. The molecule has 0 spiro atoms. The van der Waals surface area contributed by atoms with Crippen LogP contribution in [0.4, 0.5) is 0 Å². The summed E-state index contributed by atoms with van der Waals surface area (Å²) in [6, 6.07) is 0.674. The van der Waals surface area contributed by atoms with E-state index in [0.717, 1.165) is 0 Å². The molecule has 3 N–H and O–H groups in total. The van der Waals surface area contributed by atoms with Crippen molar-refractivity contribution in [1.29, 1.82) is 5.26 Å². The number of rotatable bonds is 4. The van der Waals surface area contributed by atoms with Crippen molar-refractivity contribution in [3.05, 3.63) is 0 Å². The van der Waals surface area contributed by atoms with E-state index in [1.807, 2.05) is 0 Å². The van der Waals surface area contributed by atoms with E-state index in [0.29, 0.717) is 0 Å². The van der Waals surface area contributed by atoms with Crippen LogP contribution in [0.2, 0.25) is 0 Å². The molecule has 0 aromatic rings. The minimum Gasteiger partial charge on any atom is -0.480 e. The molecule has 0 saturated heterocycles. The fourth-order valence-electron chi connectivity index (χ4n) is 0.399. The van der Waals surface area contributed by atoms with E-state index in [1.165, 1.54) is 0 Å². The van der Waals surface area contributed by atoms with E-state index < -0.39 is 18.6 Å². The monoisotopic (exact) mass is 144 g/mol. The third-order valence-corrected chi connectivity index (χ3v) is 0.908. The molecule has 5 heteroatoms. The second kappa shape index (κ2) is 4.73. The summed E-state index contributed by atoms with van der Waals surface area (Å²) in [4.78, 5) is 10.1. The van der Waals surface area contributed by atoms with Crippen LogP contribution in [0, 0.1) is 11.3 Å². The van der Waals surface area contributed by atoms with Gasteiger partial charge in [-0.15, -0.1) is 0 Å². The third-order valence-electron chi connectivity index (χ3n) is 0.908. The molecule has 1 atom stereocenters. The standard InChI is InChI=1S/C5H8N2O3/c6-1-2-7-4(3-8)5(9)10/h4,7-8H,2-3H2,(H,9,10). The summed E-state index contributed by atoms with van der Waals surface area (Å²) in [7, 11) is 0. The predicted molar refractivity (Wildman–Crippen MR) is 32.1 cm³/mol. The van der Waals surface area contributed by atoms with Crippen molar-refractivity contribution in [2.24, 2.45) is 0 Å². The molecular weight excluding hydrogens is 136 g/mol. The van der Waals surface area contributed by atoms with Gasteiger partial charge in [0.1, 0.15) is 6.04 Å². The van der Waals surface area contributed by atoms with Gasteiger partial charge < -0.3 is 10.2 Å². The van der Waals surface area contributed by atoms with Crippen LogP contribution in [-0.4, -0.2) is 35.4 Å². The van der Waals surface area contributed by atoms with Crippen LogP contribution in [0.5, 0.6) is 0 Å². The van der Waals surface area contributed by atoms with E-state index in [9.17, 15) is 4.79 Å². The van der Waals surface area contributed by atoms with E-state index in [4.69, 9.17) is 15.5 Å². The van der Waals surface area contributed by atoms with Crippen molar-refractivity contribution >= 4 is 5.97 Å². The number of aliphatic hydroxyl groups excluding tert-OH is 1. The SMILES string of the molecule is N#CCNC(CO)C(=O)O. The molecule has 0 radical (unpaired) electrons. The van der Waals surface area contributed by atoms with Gasteiger partial charge in [-0.25, -0.2) is 0 Å². The first-order chi connectivity index (χ1) is 4.72. The molecule has 5 nitrogen and oxygen atoms in total. The molecule has 1 unspecified atom stereocenters. The molecule has 0 fully saturated rings. The first-order valence-corrected chi connectivity index (χ1v) is 2.66. The van der Waals surface area contributed by atoms with Gasteiger partial charge in [0.2, 0.25) is 0 Å². The maximum absolute atomic E-state index is 10.1. The van der Waals surface area contributed by atoms with Gasteiger partial charge in [0.15, 0.2) is 0 Å². The molecule has 0 saturated carbocycles. The number of carbonyl (C=O) groups is 1. The molecule has 0 aromatic heterocycles. The van der Waals surface area contributed by atoms with E-state index in [1.54, 1.807) is 6.07 Å². The van der Waals surface area contributed by atoms with Gasteiger partial charge in [-0.05, 0) is 0 Å². The number of hydrogen-bond acceptors (Lipinski definition) is 4. The number of carboxylic acid groups (broad SMARTS) is 1. The number of nitriles is 1. The Morgan fingerprint density at radius 3 is 2.70 bits per heavy atom. The number of nitrogens with one attached hydrogen (secondary N) is 1. The average molecular weight is 144 g/mol. The highest BCUT2D eigenvalue weighted by atomic mass is 16.4. The summed E-state index contributed by atoms with van der Waals surface area (Å²) < 4.78 is 0. The van der Waals surface area contributed by atoms with Gasteiger partial charge in [0.25, 0.3) is 0 Å². The van der Waals surface area contributed by atoms with Crippen molar-refractivity contribution in [1.82, 2.24) is 5.32 Å². The van der Waals surface area contributed by atoms with Crippen molar-refractivity contribution in [2.45, 2.75) is 6.04 Å². The van der Waals surface area contributed by atoms with Crippen LogP contribution in [0.3, 0.4) is 0 Å². The lowest BCUT2D eigenvalue weighted by Gasteiger charge is -2.06. The van der Waals surface area contributed by atoms with Gasteiger partial charge in [-0.3, -0.25) is 10.1 Å². The summed E-state index contributed by atoms with van der Waals surface area (Å²) in [6.45, 7) is -0.575. The number of hydrogen-bond donors (Lipinski definition) is 3. The first-order valence-electron chi connectivity index (χ1n) is 2.66. The van der Waals surface area contributed by atoms with E-state index in [2.05, 4.69) is 5.32 Å². The van der Waals surface area contributed by atoms with Gasteiger partial charge >= 0.3 is 5.97 Å². The van der Waals surface area contributed by atoms with Crippen molar-refractivity contribution in [2.75, 3.05) is 13.2 Å². The lowest BCUT2D eigenvalue weighted by molar-refractivity contribution is -0.140. The van der Waals surface area contributed by atoms with Crippen molar-refractivity contribution < 1.29 is 15.0 Å². The van der Waals surface area contributed by atoms with Crippen LogP contribution in [0.15, 0.2) is 0 Å². The predicted octanol–water partition coefficient (Wildman–Crippen LogP) is -1.45. The molecule has 0 heterocycles. The Hall–Kier alpha value is -1.12. The van der Waals surface area contributed by atoms with Gasteiger partial charge in [-0.1, -0.05) is 0 Å². The lowest BCUT2D eigenvalue weighted by Crippen LogP contribution is -2.39.